The number of aliphatic imine (C=N–C) groups is 1. The second kappa shape index (κ2) is 51.0. The number of carboxylic acids is 2. The van der Waals surface area contributed by atoms with Crippen molar-refractivity contribution < 1.29 is 112 Å². The summed E-state index contributed by atoms with van der Waals surface area (Å²) in [7, 11) is 3.89. The Hall–Kier alpha value is -13.4. The van der Waals surface area contributed by atoms with Gasteiger partial charge in [-0.1, -0.05) is 102 Å². The molecule has 9 rings (SSSR count). The van der Waals surface area contributed by atoms with Gasteiger partial charge >= 0.3 is 11.9 Å². The number of para-hydroxylation sites is 2. The number of aliphatic hydroxyl groups is 2. The summed E-state index contributed by atoms with van der Waals surface area (Å²) in [6.07, 6.45) is 2.90. The Balaban J connectivity index is 1.11. The van der Waals surface area contributed by atoms with Crippen LogP contribution in [0.2, 0.25) is 0 Å². The van der Waals surface area contributed by atoms with Gasteiger partial charge in [0.25, 0.3) is 0 Å². The monoisotopic (exact) mass is 1920 g/mol. The molecule has 0 bridgehead atoms. The van der Waals surface area contributed by atoms with E-state index in [1.54, 1.807) is 68.6 Å². The van der Waals surface area contributed by atoms with Gasteiger partial charge < -0.3 is 124 Å². The number of hydrogen-bond donors (Lipinski definition) is 18. The average molecular weight is 1930 g/mol. The van der Waals surface area contributed by atoms with Crippen LogP contribution in [0.1, 0.15) is 148 Å². The van der Waals surface area contributed by atoms with E-state index in [0.717, 1.165) is 31.4 Å². The number of H-pyrrole nitrogens is 1. The number of aliphatic carboxylic acids is 2. The first kappa shape index (κ1) is 107. The normalized spacial score (nSPS) is 25.0. The summed E-state index contributed by atoms with van der Waals surface area (Å²) >= 11 is 0.794. The van der Waals surface area contributed by atoms with Gasteiger partial charge in [0, 0.05) is 125 Å². The predicted octanol–water partition coefficient (Wildman–Crippen LogP) is -1.51. The number of aromatic amines is 1. The molecule has 44 heteroatoms. The Kier molecular flexibility index (Phi) is 39.9. The van der Waals surface area contributed by atoms with Gasteiger partial charge in [-0.15, -0.1) is 11.8 Å². The maximum atomic E-state index is 15.9. The fraction of sp³-hybridized carbons (Fsp3) is 0.538. The van der Waals surface area contributed by atoms with E-state index in [4.69, 9.17) is 11.5 Å². The Labute approximate surface area is 796 Å². The summed E-state index contributed by atoms with van der Waals surface area (Å²) in [5.41, 5.74) is 14.2. The third-order valence-corrected chi connectivity index (χ3v) is 25.8. The maximum Gasteiger partial charge on any atom is 0.323 e. The van der Waals surface area contributed by atoms with Gasteiger partial charge in [0.15, 0.2) is 0 Å². The molecular formula is C93H128N20O23S. The number of aromatic nitrogens is 2. The number of nitrogens with one attached hydrogen (secondary N) is 11. The zero-order valence-electron chi connectivity index (χ0n) is 78.1. The van der Waals surface area contributed by atoms with Crippen LogP contribution in [0.5, 0.6) is 5.75 Å². The molecule has 744 valence electrons. The highest BCUT2D eigenvalue weighted by Gasteiger charge is 2.47. The maximum absolute atomic E-state index is 15.9. The summed E-state index contributed by atoms with van der Waals surface area (Å²) in [5.74, 6) is -19.3. The topological polar surface area (TPSA) is 630 Å². The highest BCUT2D eigenvalue weighted by molar-refractivity contribution is 8.00. The number of carboxylic acid groups (broad SMARTS) is 2. The largest absolute Gasteiger partial charge is 0.508 e. The van der Waals surface area contributed by atoms with Crippen LogP contribution >= 0.6 is 11.8 Å². The number of primary amides is 1. The van der Waals surface area contributed by atoms with Crippen LogP contribution < -0.4 is 64.6 Å². The van der Waals surface area contributed by atoms with E-state index >= 15 is 38.4 Å². The van der Waals surface area contributed by atoms with Crippen LogP contribution in [0.15, 0.2) is 102 Å². The van der Waals surface area contributed by atoms with Gasteiger partial charge in [-0.2, -0.15) is 0 Å². The number of fused-ring (bicyclic) bond motifs is 4. The standard InChI is InChI=1S/C93H128N20O23S/c1-9-11-21-72-86(129)102-64(36-51(3)4)82(125)107-70(81(124)98-44-76(95)117)49-137-50-77(118)99-67(37-53-25-27-57(115)28-26-53)89(132)108(6)52(5)80(123)100-63(31-33-94)91(134)112-35-17-24-73(112)87(130)103-65(38-54-32-34-96-42-54)83(126)101-62(29-30-78(119)120)92(135)113-46-58(116)41-75(113)88(131)104-66(39-55-43-97-61-20-15-13-18-59(55)61)84(127)106-69(48-114)85(128)105-68(90(133)110(8)74(22-12-10-2)93(136)109(72)7)40-56-45-111(47-79(121)122)71-23-16-14-19-60(56)71/h13-16,18-20,23,25-28,34,42-43,45,51-52,58,62-70,72-75,97,114-116H,9-12,17,21-22,24,29-33,35-41,44,46-50,94H2,1-8H3,(H2,95,117)(H,98,124)(H,99,118)(H,100,123)(H,101,126)(H,102,129)(H,103,130)(H,104,131)(H,105,128)(H,106,127)(H,107,125)(H,119,120)(H,121,122)/t52-,58+,62-,63-,64-,65-,66-,67-,68-,69-,70-,72-,73-,74-,75-/m0/s1. The molecule has 5 aromatic rings. The Morgan fingerprint density at radius 1 is 0.584 bits per heavy atom. The van der Waals surface area contributed by atoms with E-state index in [9.17, 15) is 73.5 Å². The lowest BCUT2D eigenvalue weighted by Gasteiger charge is -2.36. The lowest BCUT2D eigenvalue weighted by molar-refractivity contribution is -0.149. The predicted molar refractivity (Wildman–Crippen MR) is 502 cm³/mol. The van der Waals surface area contributed by atoms with E-state index < -0.39 is 261 Å². The van der Waals surface area contributed by atoms with Gasteiger partial charge in [-0.3, -0.25) is 91.3 Å². The number of phenolic OH excluding ortho intramolecular Hbond substituents is 1. The summed E-state index contributed by atoms with van der Waals surface area (Å²) < 4.78 is 1.40. The summed E-state index contributed by atoms with van der Waals surface area (Å²) in [4.78, 5) is 275. The minimum Gasteiger partial charge on any atom is -0.508 e. The van der Waals surface area contributed by atoms with Gasteiger partial charge in [0.05, 0.1) is 25.0 Å². The number of thioether (sulfide) groups is 1. The molecule has 0 saturated carbocycles. The van der Waals surface area contributed by atoms with Crippen molar-refractivity contribution in [2.75, 3.05) is 65.4 Å². The molecule has 4 aliphatic heterocycles. The minimum atomic E-state index is -1.99. The first-order valence-corrected chi connectivity index (χ1v) is 47.2. The smallest absolute Gasteiger partial charge is 0.323 e. The molecule has 3 saturated heterocycles. The number of rotatable bonds is 27. The molecule has 20 N–H and O–H groups in total. The molecule has 0 aliphatic carbocycles. The van der Waals surface area contributed by atoms with Crippen molar-refractivity contribution in [3.05, 3.63) is 114 Å². The molecule has 0 spiro atoms. The fourth-order valence-corrected chi connectivity index (χ4v) is 18.0. The van der Waals surface area contributed by atoms with Crippen LogP contribution in [0.4, 0.5) is 0 Å². The molecule has 0 radical (unpaired) electrons. The SMILES string of the molecule is CCCC[C@H]1C(=O)N(C)[C@@H](CCCC)C(=O)N[C@@H](CC(C)C)C(=O)N[C@H](C(=O)NCC(N)=O)CSCC(=O)N[C@@H](Cc2ccc(O)cc2)C(=O)N(C)[C@@H](C)C(=O)N[C@@H](CCN)C(=O)N2CCC[C@H]2C(=O)N[C@@H](CC2=CN=CC2)C(=O)N[C@@H](CCC(=O)O)C(=O)N2C[C@H](O)C[C@H]2C(=O)N[C@@H](Cc2c[nH]c3ccccc23)C(=O)N[C@@H](CO)C(=O)N[C@@H](Cc2cn(CC(=O)O)c3ccccc23)C(=O)N1C. The quantitative estimate of drug-likeness (QED) is 0.0284. The number of aromatic hydroxyl groups is 1. The first-order valence-electron chi connectivity index (χ1n) is 46.0. The lowest BCUT2D eigenvalue weighted by Crippen LogP contribution is -2.61. The van der Waals surface area contributed by atoms with Gasteiger partial charge in [-0.05, 0) is 117 Å². The van der Waals surface area contributed by atoms with Crippen LogP contribution in [-0.4, -0.2) is 328 Å². The number of nitrogens with zero attached hydrogens (tertiary/aromatic N) is 7. The van der Waals surface area contributed by atoms with Crippen molar-refractivity contribution in [2.45, 2.75) is 247 Å². The number of likely N-dealkylation sites (N-methyl/N-ethyl adjacent to an activating group) is 3. The molecule has 3 aromatic carbocycles. The molecular weight excluding hydrogens is 1800 g/mol. The van der Waals surface area contributed by atoms with E-state index in [2.05, 4.69) is 63.1 Å². The molecule has 15 atom stereocenters. The van der Waals surface area contributed by atoms with Crippen LogP contribution in [0.3, 0.4) is 0 Å². The number of phenols is 1. The molecule has 137 heavy (non-hydrogen) atoms. The van der Waals surface area contributed by atoms with E-state index in [1.165, 1.54) is 80.4 Å². The van der Waals surface area contributed by atoms with Crippen molar-refractivity contribution in [3.8, 4) is 5.75 Å². The number of nitrogens with two attached hydrogens (primary N) is 2. The number of hydrogen-bond acceptors (Lipinski definition) is 24. The highest BCUT2D eigenvalue weighted by atomic mass is 32.2. The molecule has 6 heterocycles. The minimum absolute atomic E-state index is 0.0165. The van der Waals surface area contributed by atoms with Crippen molar-refractivity contribution in [2.24, 2.45) is 22.4 Å². The Morgan fingerprint density at radius 3 is 1.80 bits per heavy atom. The fourth-order valence-electron chi connectivity index (χ4n) is 17.2. The Morgan fingerprint density at radius 2 is 1.15 bits per heavy atom. The van der Waals surface area contributed by atoms with Crippen molar-refractivity contribution in [3.63, 3.8) is 0 Å². The van der Waals surface area contributed by atoms with Crippen molar-refractivity contribution >= 4 is 146 Å². The van der Waals surface area contributed by atoms with E-state index in [-0.39, 0.29) is 95.4 Å². The zero-order valence-corrected chi connectivity index (χ0v) is 79.0. The van der Waals surface area contributed by atoms with E-state index in [1.807, 2.05) is 13.8 Å². The summed E-state index contributed by atoms with van der Waals surface area (Å²) in [5, 5.41) is 80.5. The second-order valence-corrected chi connectivity index (χ2v) is 36.4. The lowest BCUT2D eigenvalue weighted by atomic mass is 9.99. The number of benzene rings is 3. The zero-order chi connectivity index (χ0) is 100. The van der Waals surface area contributed by atoms with Gasteiger partial charge in [0.2, 0.25) is 94.5 Å². The van der Waals surface area contributed by atoms with Crippen molar-refractivity contribution in [1.29, 1.82) is 0 Å². The highest BCUT2D eigenvalue weighted by Crippen LogP contribution is 2.29. The average Bonchev–Trinajstić information content (AvgIpc) is 1.65. The van der Waals surface area contributed by atoms with Gasteiger partial charge in [0.1, 0.15) is 96.9 Å². The summed E-state index contributed by atoms with van der Waals surface area (Å²) in [6, 6.07) is -3.04. The molecule has 2 aromatic heterocycles. The van der Waals surface area contributed by atoms with Gasteiger partial charge in [-0.25, -0.2) is 0 Å². The number of carbonyl (C=O) groups excluding carboxylic acids is 16. The number of unbranched alkanes of at least 4 members (excludes halogenated alkanes) is 2. The van der Waals surface area contributed by atoms with Crippen LogP contribution in [-0.2, 0) is 112 Å². The number of amides is 16. The first-order chi connectivity index (χ1) is 65.2. The third-order valence-electron chi connectivity index (χ3n) is 24.7. The van der Waals surface area contributed by atoms with Crippen molar-refractivity contribution in [1.82, 2.24) is 87.2 Å². The molecule has 43 nitrogen and oxygen atoms in total. The van der Waals surface area contributed by atoms with Crippen LogP contribution in [0.25, 0.3) is 21.8 Å². The second-order valence-electron chi connectivity index (χ2n) is 35.4. The number of carbonyl (C=O) groups is 18. The Bertz CT molecular complexity index is 5280. The molecule has 0 unspecified atom stereocenters. The summed E-state index contributed by atoms with van der Waals surface area (Å²) in [6.45, 7) is 5.18. The molecule has 16 amide bonds. The molecule has 4 aliphatic rings. The van der Waals surface area contributed by atoms with Crippen LogP contribution in [0, 0.1) is 5.92 Å². The van der Waals surface area contributed by atoms with E-state index in [0.29, 0.717) is 63.3 Å². The third kappa shape index (κ3) is 29.6. The molecule has 3 fully saturated rings. The number of aliphatic hydroxyl groups excluding tert-OH is 2.